The fourth-order valence-corrected chi connectivity index (χ4v) is 2.70. The second-order valence-corrected chi connectivity index (χ2v) is 6.44. The molecule has 0 atom stereocenters. The summed E-state index contributed by atoms with van der Waals surface area (Å²) in [5.41, 5.74) is 1.53. The van der Waals surface area contributed by atoms with E-state index in [1.165, 1.54) is 30.1 Å². The van der Waals surface area contributed by atoms with Gasteiger partial charge in [-0.2, -0.15) is 13.2 Å². The Morgan fingerprint density at radius 3 is 2.50 bits per heavy atom. The molecule has 3 aromatic rings. The molecule has 26 heavy (non-hydrogen) atoms. The van der Waals surface area contributed by atoms with Crippen LogP contribution in [0.25, 0.3) is 11.5 Å². The molecule has 0 aliphatic carbocycles. The molecule has 2 heterocycles. The number of ether oxygens (including phenoxy) is 1. The van der Waals surface area contributed by atoms with Crippen molar-refractivity contribution in [1.29, 1.82) is 0 Å². The van der Waals surface area contributed by atoms with Crippen LogP contribution in [-0.2, 0) is 5.75 Å². The van der Waals surface area contributed by atoms with Crippen molar-refractivity contribution in [3.63, 3.8) is 0 Å². The third-order valence-corrected chi connectivity index (χ3v) is 4.19. The van der Waals surface area contributed by atoms with Crippen LogP contribution in [0.5, 0.6) is 5.88 Å². The van der Waals surface area contributed by atoms with Gasteiger partial charge in [0, 0.05) is 23.0 Å². The van der Waals surface area contributed by atoms with Gasteiger partial charge < -0.3 is 9.15 Å². The standard InChI is InChI=1S/C16H11ClF3N3O2S/c17-12-4-1-10(2-5-12)8-26-15-23-22-14(25-15)11-3-6-13(21-7-11)24-9-16(18,19)20/h1-7H,8-9H2. The van der Waals surface area contributed by atoms with Crippen molar-refractivity contribution in [2.45, 2.75) is 17.2 Å². The van der Waals surface area contributed by atoms with E-state index in [2.05, 4.69) is 19.9 Å². The number of hydrogen-bond donors (Lipinski definition) is 0. The topological polar surface area (TPSA) is 61.0 Å². The molecule has 1 aromatic carbocycles. The molecule has 0 radical (unpaired) electrons. The van der Waals surface area contributed by atoms with Crippen molar-refractivity contribution in [1.82, 2.24) is 15.2 Å². The average Bonchev–Trinajstić information content (AvgIpc) is 3.08. The summed E-state index contributed by atoms with van der Waals surface area (Å²) in [6, 6.07) is 10.2. The Balaban J connectivity index is 1.59. The second kappa shape index (κ2) is 7.96. The summed E-state index contributed by atoms with van der Waals surface area (Å²) in [5, 5.41) is 8.87. The number of aromatic nitrogens is 3. The monoisotopic (exact) mass is 401 g/mol. The fourth-order valence-electron chi connectivity index (χ4n) is 1.86. The molecule has 10 heteroatoms. The molecule has 0 aliphatic rings. The maximum Gasteiger partial charge on any atom is 0.422 e. The van der Waals surface area contributed by atoms with Crippen LogP contribution >= 0.6 is 23.4 Å². The van der Waals surface area contributed by atoms with E-state index in [1.807, 2.05) is 12.1 Å². The van der Waals surface area contributed by atoms with Crippen LogP contribution in [0.1, 0.15) is 5.56 Å². The number of nitrogens with zero attached hydrogens (tertiary/aromatic N) is 3. The van der Waals surface area contributed by atoms with Gasteiger partial charge >= 0.3 is 6.18 Å². The van der Waals surface area contributed by atoms with E-state index in [4.69, 9.17) is 16.0 Å². The SMILES string of the molecule is FC(F)(F)COc1ccc(-c2nnc(SCc3ccc(Cl)cc3)o2)cn1. The van der Waals surface area contributed by atoms with E-state index < -0.39 is 12.8 Å². The normalized spacial score (nSPS) is 11.5. The number of alkyl halides is 3. The van der Waals surface area contributed by atoms with Crippen molar-refractivity contribution in [3.05, 3.63) is 53.2 Å². The highest BCUT2D eigenvalue weighted by Crippen LogP contribution is 2.26. The largest absolute Gasteiger partial charge is 0.468 e. The molecule has 0 unspecified atom stereocenters. The first-order chi connectivity index (χ1) is 12.4. The highest BCUT2D eigenvalue weighted by Gasteiger charge is 2.28. The molecule has 0 saturated carbocycles. The predicted octanol–water partition coefficient (Wildman–Crippen LogP) is 5.02. The summed E-state index contributed by atoms with van der Waals surface area (Å²) in [6.07, 6.45) is -3.10. The maximum atomic E-state index is 12.1. The van der Waals surface area contributed by atoms with E-state index in [0.29, 0.717) is 21.6 Å². The van der Waals surface area contributed by atoms with Crippen molar-refractivity contribution in [3.8, 4) is 17.3 Å². The summed E-state index contributed by atoms with van der Waals surface area (Å²) >= 11 is 7.19. The van der Waals surface area contributed by atoms with Crippen LogP contribution in [0.4, 0.5) is 13.2 Å². The third kappa shape index (κ3) is 5.37. The summed E-state index contributed by atoms with van der Waals surface area (Å²) in [6.45, 7) is -1.40. The van der Waals surface area contributed by atoms with E-state index >= 15 is 0 Å². The van der Waals surface area contributed by atoms with Crippen LogP contribution < -0.4 is 4.74 Å². The number of rotatable bonds is 6. The summed E-state index contributed by atoms with van der Waals surface area (Å²) in [5.74, 6) is 0.711. The molecule has 5 nitrogen and oxygen atoms in total. The first-order valence-electron chi connectivity index (χ1n) is 7.26. The summed E-state index contributed by atoms with van der Waals surface area (Å²) in [7, 11) is 0. The number of benzene rings is 1. The van der Waals surface area contributed by atoms with E-state index in [9.17, 15) is 13.2 Å². The van der Waals surface area contributed by atoms with Gasteiger partial charge in [-0.3, -0.25) is 0 Å². The van der Waals surface area contributed by atoms with Crippen molar-refractivity contribution in [2.24, 2.45) is 0 Å². The molecule has 0 N–H and O–H groups in total. The predicted molar refractivity (Wildman–Crippen MR) is 90.1 cm³/mol. The lowest BCUT2D eigenvalue weighted by Crippen LogP contribution is -2.19. The molecule has 0 bridgehead atoms. The molecule has 0 saturated heterocycles. The zero-order chi connectivity index (χ0) is 18.6. The van der Waals surface area contributed by atoms with Crippen LogP contribution in [0.3, 0.4) is 0 Å². The molecular weight excluding hydrogens is 391 g/mol. The van der Waals surface area contributed by atoms with Crippen LogP contribution in [0.15, 0.2) is 52.2 Å². The second-order valence-electron chi connectivity index (χ2n) is 5.08. The Labute approximate surface area is 155 Å². The van der Waals surface area contributed by atoms with Crippen LogP contribution in [-0.4, -0.2) is 28.0 Å². The quantitative estimate of drug-likeness (QED) is 0.540. The Hall–Kier alpha value is -2.26. The molecular formula is C16H11ClF3N3O2S. The molecule has 136 valence electrons. The highest BCUT2D eigenvalue weighted by molar-refractivity contribution is 7.98. The Morgan fingerprint density at radius 2 is 1.85 bits per heavy atom. The fraction of sp³-hybridized carbons (Fsp3) is 0.188. The molecule has 0 spiro atoms. The van der Waals surface area contributed by atoms with Crippen LogP contribution in [0, 0.1) is 0 Å². The number of thioether (sulfide) groups is 1. The van der Waals surface area contributed by atoms with Gasteiger partial charge in [-0.15, -0.1) is 10.2 Å². The summed E-state index contributed by atoms with van der Waals surface area (Å²) in [4.78, 5) is 3.80. The first kappa shape index (κ1) is 18.5. The lowest BCUT2D eigenvalue weighted by atomic mass is 10.2. The minimum absolute atomic E-state index is 0.136. The minimum atomic E-state index is -4.41. The number of hydrogen-bond acceptors (Lipinski definition) is 6. The van der Waals surface area contributed by atoms with Crippen molar-refractivity contribution in [2.75, 3.05) is 6.61 Å². The lowest BCUT2D eigenvalue weighted by Gasteiger charge is -2.07. The number of pyridine rings is 1. The van der Waals surface area contributed by atoms with Crippen LogP contribution in [0.2, 0.25) is 5.02 Å². The van der Waals surface area contributed by atoms with E-state index in [0.717, 1.165) is 5.56 Å². The van der Waals surface area contributed by atoms with Gasteiger partial charge in [0.25, 0.3) is 5.22 Å². The maximum absolute atomic E-state index is 12.1. The lowest BCUT2D eigenvalue weighted by molar-refractivity contribution is -0.154. The van der Waals surface area contributed by atoms with Crippen molar-refractivity contribution >= 4 is 23.4 Å². The molecule has 0 fully saturated rings. The smallest absolute Gasteiger partial charge is 0.422 e. The third-order valence-electron chi connectivity index (χ3n) is 3.05. The van der Waals surface area contributed by atoms with Gasteiger partial charge in [0.2, 0.25) is 11.8 Å². The van der Waals surface area contributed by atoms with E-state index in [-0.39, 0.29) is 11.8 Å². The van der Waals surface area contributed by atoms with Gasteiger partial charge in [0.15, 0.2) is 6.61 Å². The molecule has 2 aromatic heterocycles. The molecule has 0 aliphatic heterocycles. The van der Waals surface area contributed by atoms with E-state index in [1.54, 1.807) is 12.1 Å². The Kier molecular flexibility index (Phi) is 5.67. The zero-order valence-corrected chi connectivity index (χ0v) is 14.6. The van der Waals surface area contributed by atoms with Gasteiger partial charge in [0.1, 0.15) is 0 Å². The van der Waals surface area contributed by atoms with Gasteiger partial charge in [0.05, 0.1) is 5.56 Å². The zero-order valence-electron chi connectivity index (χ0n) is 13.0. The Bertz CT molecular complexity index is 854. The van der Waals surface area contributed by atoms with Gasteiger partial charge in [-0.25, -0.2) is 4.98 Å². The first-order valence-corrected chi connectivity index (χ1v) is 8.62. The van der Waals surface area contributed by atoms with Crippen molar-refractivity contribution < 1.29 is 22.3 Å². The number of halogens is 4. The molecule has 3 rings (SSSR count). The minimum Gasteiger partial charge on any atom is -0.468 e. The Morgan fingerprint density at radius 1 is 1.08 bits per heavy atom. The summed E-state index contributed by atoms with van der Waals surface area (Å²) < 4.78 is 46.4. The van der Waals surface area contributed by atoms with Gasteiger partial charge in [-0.1, -0.05) is 35.5 Å². The highest BCUT2D eigenvalue weighted by atomic mass is 35.5. The van der Waals surface area contributed by atoms with Gasteiger partial charge in [-0.05, 0) is 23.8 Å². The average molecular weight is 402 g/mol. The molecule has 0 amide bonds.